The van der Waals surface area contributed by atoms with Crippen molar-refractivity contribution in [2.24, 2.45) is 10.4 Å². The zero-order valence-corrected chi connectivity index (χ0v) is 15.2. The van der Waals surface area contributed by atoms with Gasteiger partial charge in [-0.25, -0.2) is 10.9 Å². The number of nitrogens with one attached hydrogen (secondary N) is 2. The van der Waals surface area contributed by atoms with E-state index in [2.05, 4.69) is 15.8 Å². The smallest absolute Gasteiger partial charge is 0.271 e. The Balaban J connectivity index is 1.96. The lowest BCUT2D eigenvalue weighted by molar-refractivity contribution is -0.116. The number of hydrogen-bond donors (Lipinski definition) is 2. The monoisotopic (exact) mass is 382 g/mol. The van der Waals surface area contributed by atoms with Crippen molar-refractivity contribution in [2.75, 3.05) is 14.2 Å². The van der Waals surface area contributed by atoms with Crippen LogP contribution >= 0.6 is 0 Å². The summed E-state index contributed by atoms with van der Waals surface area (Å²) in [5.41, 5.74) is 5.96. The average Bonchev–Trinajstić information content (AvgIpc) is 2.72. The number of ether oxygens (including phenoxy) is 2. The quantitative estimate of drug-likeness (QED) is 0.314. The van der Waals surface area contributed by atoms with E-state index >= 15 is 0 Å². The molecular formula is C19H18N4O5. The van der Waals surface area contributed by atoms with Crippen LogP contribution in [0.3, 0.4) is 0 Å². The Morgan fingerprint density at radius 2 is 1.61 bits per heavy atom. The molecule has 2 rings (SSSR count). The Bertz CT molecular complexity index is 907. The molecule has 9 heteroatoms. The first kappa shape index (κ1) is 20.3. The fraction of sp³-hybridized carbons (Fsp3) is 0.105. The van der Waals surface area contributed by atoms with E-state index in [1.54, 1.807) is 55.0 Å². The summed E-state index contributed by atoms with van der Waals surface area (Å²) in [7, 11) is 3.08. The number of rotatable bonds is 8. The molecule has 0 bridgehead atoms. The maximum Gasteiger partial charge on any atom is 0.271 e. The van der Waals surface area contributed by atoms with Crippen molar-refractivity contribution < 1.29 is 19.1 Å². The van der Waals surface area contributed by atoms with Crippen LogP contribution in [0, 0.1) is 4.91 Å². The van der Waals surface area contributed by atoms with Gasteiger partial charge in [0.25, 0.3) is 11.8 Å². The second-order valence-electron chi connectivity index (χ2n) is 5.34. The molecule has 28 heavy (non-hydrogen) atoms. The maximum atomic E-state index is 12.1. The SMILES string of the molecule is COc1ccc(C=NNC(=O)c2ccc(C=CC(=O)NN=O)cc2)cc1OC. The van der Waals surface area contributed by atoms with Gasteiger partial charge < -0.3 is 9.47 Å². The largest absolute Gasteiger partial charge is 0.493 e. The summed E-state index contributed by atoms with van der Waals surface area (Å²) in [6.07, 6.45) is 4.12. The predicted octanol–water partition coefficient (Wildman–Crippen LogP) is 2.28. The normalized spacial score (nSPS) is 10.6. The molecule has 0 atom stereocenters. The van der Waals surface area contributed by atoms with Crippen LogP contribution in [0.1, 0.15) is 21.5 Å². The number of benzene rings is 2. The standard InChI is InChI=1S/C19H18N4O5/c1-27-16-9-5-14(11-17(16)28-2)12-20-22-19(25)15-7-3-13(4-8-15)6-10-18(24)21-23-26/h3-12H,1-2H3,(H,22,25)(H,21,24,26). The number of amides is 2. The number of nitroso groups, excluding NO2 is 1. The molecule has 0 aliphatic rings. The van der Waals surface area contributed by atoms with Crippen molar-refractivity contribution in [1.29, 1.82) is 0 Å². The van der Waals surface area contributed by atoms with Gasteiger partial charge in [-0.1, -0.05) is 12.1 Å². The Morgan fingerprint density at radius 3 is 2.25 bits per heavy atom. The highest BCUT2D eigenvalue weighted by Gasteiger charge is 2.05. The predicted molar refractivity (Wildman–Crippen MR) is 104 cm³/mol. The number of carbonyl (C=O) groups excluding carboxylic acids is 2. The van der Waals surface area contributed by atoms with Gasteiger partial charge in [0.2, 0.25) is 0 Å². The molecule has 2 N–H and O–H groups in total. The molecule has 0 aromatic heterocycles. The van der Waals surface area contributed by atoms with Gasteiger partial charge in [-0.05, 0) is 47.5 Å². The Hall–Kier alpha value is -4.01. The molecular weight excluding hydrogens is 364 g/mol. The molecule has 2 amide bonds. The van der Waals surface area contributed by atoms with E-state index in [1.807, 2.05) is 0 Å². The van der Waals surface area contributed by atoms with Crippen molar-refractivity contribution in [1.82, 2.24) is 10.9 Å². The van der Waals surface area contributed by atoms with Gasteiger partial charge >= 0.3 is 0 Å². The Kier molecular flexibility index (Phi) is 7.41. The van der Waals surface area contributed by atoms with Gasteiger partial charge in [0.1, 0.15) is 0 Å². The molecule has 2 aromatic carbocycles. The van der Waals surface area contributed by atoms with Crippen molar-refractivity contribution in [3.63, 3.8) is 0 Å². The number of nitrogens with zero attached hydrogens (tertiary/aromatic N) is 2. The van der Waals surface area contributed by atoms with Gasteiger partial charge in [0.15, 0.2) is 11.5 Å². The highest BCUT2D eigenvalue weighted by molar-refractivity contribution is 5.95. The Labute approximate surface area is 161 Å². The summed E-state index contributed by atoms with van der Waals surface area (Å²) in [4.78, 5) is 33.1. The minimum Gasteiger partial charge on any atom is -0.493 e. The van der Waals surface area contributed by atoms with Crippen LogP contribution in [0.15, 0.2) is 58.9 Å². The molecule has 0 spiro atoms. The molecule has 9 nitrogen and oxygen atoms in total. The van der Waals surface area contributed by atoms with Crippen LogP contribution in [-0.2, 0) is 4.79 Å². The van der Waals surface area contributed by atoms with Crippen LogP contribution in [0.5, 0.6) is 11.5 Å². The number of hydrazone groups is 1. The van der Waals surface area contributed by atoms with E-state index in [1.165, 1.54) is 19.4 Å². The second kappa shape index (κ2) is 10.2. The highest BCUT2D eigenvalue weighted by atomic mass is 16.5. The number of methoxy groups -OCH3 is 2. The van der Waals surface area contributed by atoms with Crippen LogP contribution in [0.2, 0.25) is 0 Å². The molecule has 0 heterocycles. The molecule has 0 radical (unpaired) electrons. The fourth-order valence-corrected chi connectivity index (χ4v) is 2.16. The minimum absolute atomic E-state index is 0.389. The number of carbonyl (C=O) groups is 2. The van der Waals surface area contributed by atoms with Crippen LogP contribution < -0.4 is 20.3 Å². The van der Waals surface area contributed by atoms with E-state index in [0.717, 1.165) is 11.6 Å². The van der Waals surface area contributed by atoms with Gasteiger partial charge in [0.05, 0.1) is 25.7 Å². The van der Waals surface area contributed by atoms with Crippen molar-refractivity contribution in [3.05, 3.63) is 70.1 Å². The summed E-state index contributed by atoms with van der Waals surface area (Å²) >= 11 is 0. The zero-order chi connectivity index (χ0) is 20.4. The van der Waals surface area contributed by atoms with Gasteiger partial charge in [-0.15, -0.1) is 4.91 Å². The van der Waals surface area contributed by atoms with Gasteiger partial charge in [0, 0.05) is 11.6 Å². The van der Waals surface area contributed by atoms with Crippen LogP contribution in [-0.4, -0.2) is 32.2 Å². The molecule has 2 aromatic rings. The molecule has 144 valence electrons. The van der Waals surface area contributed by atoms with E-state index in [9.17, 15) is 14.5 Å². The average molecular weight is 382 g/mol. The van der Waals surface area contributed by atoms with E-state index in [4.69, 9.17) is 9.47 Å². The lowest BCUT2D eigenvalue weighted by atomic mass is 10.1. The minimum atomic E-state index is -0.638. The lowest BCUT2D eigenvalue weighted by Crippen LogP contribution is -2.17. The van der Waals surface area contributed by atoms with E-state index < -0.39 is 11.8 Å². The lowest BCUT2D eigenvalue weighted by Gasteiger charge is -2.07. The van der Waals surface area contributed by atoms with Crippen LogP contribution in [0.25, 0.3) is 6.08 Å². The molecule has 0 aliphatic heterocycles. The first-order valence-electron chi connectivity index (χ1n) is 8.03. The summed E-state index contributed by atoms with van der Waals surface area (Å²) in [6.45, 7) is 0. The van der Waals surface area contributed by atoms with Crippen molar-refractivity contribution in [2.45, 2.75) is 0 Å². The van der Waals surface area contributed by atoms with E-state index in [-0.39, 0.29) is 0 Å². The van der Waals surface area contributed by atoms with Crippen molar-refractivity contribution in [3.8, 4) is 11.5 Å². The summed E-state index contributed by atoms with van der Waals surface area (Å²) < 4.78 is 10.4. The van der Waals surface area contributed by atoms with E-state index in [0.29, 0.717) is 22.6 Å². The van der Waals surface area contributed by atoms with Gasteiger partial charge in [-0.2, -0.15) is 5.10 Å². The summed E-state index contributed by atoms with van der Waals surface area (Å²) in [5, 5.41) is 6.20. The molecule has 0 saturated heterocycles. The fourth-order valence-electron chi connectivity index (χ4n) is 2.16. The molecule has 0 aliphatic carbocycles. The van der Waals surface area contributed by atoms with Gasteiger partial charge in [-0.3, -0.25) is 9.59 Å². The molecule has 0 saturated carbocycles. The second-order valence-corrected chi connectivity index (χ2v) is 5.34. The molecule has 0 unspecified atom stereocenters. The van der Waals surface area contributed by atoms with Crippen LogP contribution in [0.4, 0.5) is 0 Å². The highest BCUT2D eigenvalue weighted by Crippen LogP contribution is 2.26. The third kappa shape index (κ3) is 5.77. The maximum absolute atomic E-state index is 12.1. The third-order valence-corrected chi connectivity index (χ3v) is 3.54. The molecule has 0 fully saturated rings. The first-order valence-corrected chi connectivity index (χ1v) is 8.03. The number of hydrogen-bond acceptors (Lipinski definition) is 7. The Morgan fingerprint density at radius 1 is 0.929 bits per heavy atom. The summed E-state index contributed by atoms with van der Waals surface area (Å²) in [6, 6.07) is 11.7. The third-order valence-electron chi connectivity index (χ3n) is 3.54. The summed E-state index contributed by atoms with van der Waals surface area (Å²) in [5.74, 6) is 0.119. The zero-order valence-electron chi connectivity index (χ0n) is 15.2. The van der Waals surface area contributed by atoms with Crippen molar-refractivity contribution >= 4 is 24.1 Å². The first-order chi connectivity index (χ1) is 13.6. The topological polar surface area (TPSA) is 118 Å².